The summed E-state index contributed by atoms with van der Waals surface area (Å²) in [6, 6.07) is 0.0339. The highest BCUT2D eigenvalue weighted by Crippen LogP contribution is 2.08. The smallest absolute Gasteiger partial charge is 0.0254 e. The fourth-order valence-electron chi connectivity index (χ4n) is 1.11. The molecule has 10 heavy (non-hydrogen) atoms. The normalized spacial score (nSPS) is 32.0. The van der Waals surface area contributed by atoms with Crippen LogP contribution in [0.25, 0.3) is 0 Å². The van der Waals surface area contributed by atoms with Crippen LogP contribution in [0.1, 0.15) is 12.8 Å². The summed E-state index contributed by atoms with van der Waals surface area (Å²) in [6.07, 6.45) is 1.82. The molecule has 1 aliphatic heterocycles. The fourth-order valence-corrected chi connectivity index (χ4v) is 1.70. The Morgan fingerprint density at radius 2 is 2.40 bits per heavy atom. The molecular weight excluding hydrogens is 152 g/mol. The van der Waals surface area contributed by atoms with E-state index in [1.807, 2.05) is 0 Å². The van der Waals surface area contributed by atoms with Crippen LogP contribution in [0.2, 0.25) is 0 Å². The highest BCUT2D eigenvalue weighted by atomic mass is 32.2. The summed E-state index contributed by atoms with van der Waals surface area (Å²) >= 11 is -2.07. The van der Waals surface area contributed by atoms with Gasteiger partial charge in [0.05, 0.1) is 0 Å². The van der Waals surface area contributed by atoms with Gasteiger partial charge in [-0.2, -0.15) is 0 Å². The van der Waals surface area contributed by atoms with Gasteiger partial charge >= 0.3 is 0 Å². The Bertz CT molecular complexity index is 142. The van der Waals surface area contributed by atoms with Crippen LogP contribution in [0.4, 0.5) is 0 Å². The van der Waals surface area contributed by atoms with E-state index >= 15 is 0 Å². The Morgan fingerprint density at radius 3 is 2.80 bits per heavy atom. The van der Waals surface area contributed by atoms with Crippen LogP contribution in [-0.2, 0) is 11.3 Å². The molecule has 0 bridgehead atoms. The third-order valence-electron chi connectivity index (χ3n) is 1.63. The van der Waals surface area contributed by atoms with Gasteiger partial charge in [-0.25, -0.2) is 4.31 Å². The number of rotatable bonds is 1. The van der Waals surface area contributed by atoms with Crippen molar-refractivity contribution in [1.29, 1.82) is 0 Å². The quantitative estimate of drug-likeness (QED) is 0.515. The lowest BCUT2D eigenvalue weighted by Crippen LogP contribution is -2.43. The molecule has 0 spiro atoms. The maximum Gasteiger partial charge on any atom is 0.0254 e. The first-order chi connectivity index (χ1) is 4.70. The highest BCUT2D eigenvalue weighted by molar-refractivity contribution is 7.76. The lowest BCUT2D eigenvalue weighted by atomic mass is 10.1. The molecule has 0 aromatic carbocycles. The van der Waals surface area contributed by atoms with Crippen LogP contribution < -0.4 is 5.73 Å². The van der Waals surface area contributed by atoms with E-state index in [9.17, 15) is 8.76 Å². The molecule has 2 atom stereocenters. The van der Waals surface area contributed by atoms with E-state index in [0.717, 1.165) is 12.8 Å². The first kappa shape index (κ1) is 8.13. The van der Waals surface area contributed by atoms with Crippen molar-refractivity contribution in [3.05, 3.63) is 0 Å². The minimum atomic E-state index is -2.07. The zero-order valence-corrected chi connectivity index (χ0v) is 6.47. The van der Waals surface area contributed by atoms with Gasteiger partial charge in [-0.1, -0.05) is 0 Å². The molecule has 2 N–H and O–H groups in total. The third-order valence-corrected chi connectivity index (χ3v) is 2.38. The van der Waals surface area contributed by atoms with E-state index in [4.69, 9.17) is 5.73 Å². The molecular formula is C5H11N2O2S-. The molecule has 0 amide bonds. The molecule has 0 aromatic heterocycles. The van der Waals surface area contributed by atoms with Gasteiger partial charge in [0.15, 0.2) is 0 Å². The first-order valence-corrected chi connectivity index (χ1v) is 4.33. The van der Waals surface area contributed by atoms with Gasteiger partial charge in [0, 0.05) is 30.4 Å². The molecule has 0 radical (unpaired) electrons. The summed E-state index contributed by atoms with van der Waals surface area (Å²) in [6.45, 7) is 1.11. The predicted molar refractivity (Wildman–Crippen MR) is 37.7 cm³/mol. The van der Waals surface area contributed by atoms with Crippen LogP contribution in [0.15, 0.2) is 0 Å². The van der Waals surface area contributed by atoms with Crippen molar-refractivity contribution in [2.75, 3.05) is 13.1 Å². The summed E-state index contributed by atoms with van der Waals surface area (Å²) in [5, 5.41) is 0. The molecule has 0 saturated carbocycles. The maximum absolute atomic E-state index is 10.4. The van der Waals surface area contributed by atoms with E-state index < -0.39 is 11.3 Å². The largest absolute Gasteiger partial charge is 0.760 e. The van der Waals surface area contributed by atoms with E-state index in [-0.39, 0.29) is 6.04 Å². The molecule has 5 heteroatoms. The number of piperidine rings is 1. The van der Waals surface area contributed by atoms with E-state index in [1.54, 1.807) is 0 Å². The van der Waals surface area contributed by atoms with Crippen LogP contribution in [0.3, 0.4) is 0 Å². The maximum atomic E-state index is 10.4. The second-order valence-electron chi connectivity index (χ2n) is 2.51. The lowest BCUT2D eigenvalue weighted by Gasteiger charge is -2.31. The molecule has 1 rings (SSSR count). The van der Waals surface area contributed by atoms with Gasteiger partial charge in [0.2, 0.25) is 0 Å². The highest BCUT2D eigenvalue weighted by Gasteiger charge is 2.16. The Balaban J connectivity index is 2.39. The second kappa shape index (κ2) is 3.43. The summed E-state index contributed by atoms with van der Waals surface area (Å²) < 4.78 is 22.1. The monoisotopic (exact) mass is 163 g/mol. The second-order valence-corrected chi connectivity index (χ2v) is 3.46. The van der Waals surface area contributed by atoms with Crippen molar-refractivity contribution in [3.8, 4) is 0 Å². The zero-order chi connectivity index (χ0) is 7.56. The molecule has 4 nitrogen and oxygen atoms in total. The molecule has 0 aromatic rings. The summed E-state index contributed by atoms with van der Waals surface area (Å²) in [5.74, 6) is 0. The van der Waals surface area contributed by atoms with Gasteiger partial charge in [-0.15, -0.1) is 0 Å². The van der Waals surface area contributed by atoms with E-state index in [2.05, 4.69) is 0 Å². The molecule has 1 saturated heterocycles. The van der Waals surface area contributed by atoms with Crippen molar-refractivity contribution in [2.45, 2.75) is 18.9 Å². The molecule has 2 unspecified atom stereocenters. The van der Waals surface area contributed by atoms with Crippen molar-refractivity contribution in [2.24, 2.45) is 5.73 Å². The standard InChI is InChI=1S/C5H12N2O2S/c6-5-2-1-3-7(4-5)10(8)9/h5H,1-4,6H2,(H,8,9)/p-1. The minimum absolute atomic E-state index is 0.0339. The van der Waals surface area contributed by atoms with Crippen molar-refractivity contribution in [3.63, 3.8) is 0 Å². The van der Waals surface area contributed by atoms with Gasteiger partial charge in [0.25, 0.3) is 0 Å². The number of hydrogen-bond donors (Lipinski definition) is 1. The van der Waals surface area contributed by atoms with Crippen LogP contribution >= 0.6 is 0 Å². The lowest BCUT2D eigenvalue weighted by molar-refractivity contribution is 0.306. The van der Waals surface area contributed by atoms with Crippen molar-refractivity contribution in [1.82, 2.24) is 4.31 Å². The van der Waals surface area contributed by atoms with E-state index in [0.29, 0.717) is 13.1 Å². The predicted octanol–water partition coefficient (Wildman–Crippen LogP) is -0.796. The SMILES string of the molecule is NC1CCCN(S(=O)[O-])C1. The van der Waals surface area contributed by atoms with Gasteiger partial charge in [-0.05, 0) is 12.8 Å². The summed E-state index contributed by atoms with van der Waals surface area (Å²) in [4.78, 5) is 0. The summed E-state index contributed by atoms with van der Waals surface area (Å²) in [7, 11) is 0. The molecule has 1 heterocycles. The van der Waals surface area contributed by atoms with Crippen molar-refractivity contribution >= 4 is 11.3 Å². The van der Waals surface area contributed by atoms with Gasteiger partial charge < -0.3 is 10.3 Å². The third kappa shape index (κ3) is 2.02. The summed E-state index contributed by atoms with van der Waals surface area (Å²) in [5.41, 5.74) is 5.55. The topological polar surface area (TPSA) is 69.4 Å². The van der Waals surface area contributed by atoms with Crippen molar-refractivity contribution < 1.29 is 8.76 Å². The van der Waals surface area contributed by atoms with Crippen LogP contribution in [-0.4, -0.2) is 32.2 Å². The minimum Gasteiger partial charge on any atom is -0.760 e. The first-order valence-electron chi connectivity index (χ1n) is 3.30. The van der Waals surface area contributed by atoms with E-state index in [1.165, 1.54) is 4.31 Å². The fraction of sp³-hybridized carbons (Fsp3) is 1.00. The Kier molecular flexibility index (Phi) is 2.79. The molecule has 1 fully saturated rings. The van der Waals surface area contributed by atoms with Gasteiger partial charge in [0.1, 0.15) is 0 Å². The Hall–Kier alpha value is 0.0300. The Labute approximate surface area is 62.8 Å². The van der Waals surface area contributed by atoms with Gasteiger partial charge in [-0.3, -0.25) is 4.21 Å². The average molecular weight is 163 g/mol. The van der Waals surface area contributed by atoms with Crippen LogP contribution in [0, 0.1) is 0 Å². The number of hydrogen-bond acceptors (Lipinski definition) is 3. The molecule has 0 aliphatic carbocycles. The molecule has 60 valence electrons. The molecule has 1 aliphatic rings. The number of nitrogens with two attached hydrogens (primary N) is 1. The van der Waals surface area contributed by atoms with Crippen LogP contribution in [0.5, 0.6) is 0 Å². The average Bonchev–Trinajstić information content (AvgIpc) is 1.88. The number of nitrogens with zero attached hydrogens (tertiary/aromatic N) is 1. The Morgan fingerprint density at radius 1 is 1.70 bits per heavy atom. The zero-order valence-electron chi connectivity index (χ0n) is 5.66.